The van der Waals surface area contributed by atoms with E-state index in [2.05, 4.69) is 58.4 Å². The van der Waals surface area contributed by atoms with E-state index in [1.54, 1.807) is 0 Å². The van der Waals surface area contributed by atoms with Crippen molar-refractivity contribution in [3.05, 3.63) is 45.2 Å². The third-order valence-corrected chi connectivity index (χ3v) is 4.09. The van der Waals surface area contributed by atoms with E-state index in [1.165, 1.54) is 16.8 Å². The molecule has 0 radical (unpaired) electrons. The zero-order valence-electron chi connectivity index (χ0n) is 11.2. The molecule has 0 bridgehead atoms. The number of aromatic nitrogens is 2. The molecule has 0 aliphatic heterocycles. The zero-order valence-corrected chi connectivity index (χ0v) is 12.8. The van der Waals surface area contributed by atoms with Gasteiger partial charge >= 0.3 is 0 Å². The number of rotatable bonds is 3. The maximum atomic E-state index is 4.40. The van der Waals surface area contributed by atoms with Gasteiger partial charge in [0.1, 0.15) is 0 Å². The Bertz CT molecular complexity index is 573. The number of hydrogen-bond donors (Lipinski definition) is 1. The fourth-order valence-corrected chi connectivity index (χ4v) is 2.28. The Balaban J connectivity index is 2.14. The minimum Gasteiger partial charge on any atom is -0.378 e. The molecular weight excluding hydrogens is 290 g/mol. The van der Waals surface area contributed by atoms with E-state index in [4.69, 9.17) is 0 Å². The summed E-state index contributed by atoms with van der Waals surface area (Å²) in [6.45, 7) is 7.03. The Morgan fingerprint density at radius 2 is 2.00 bits per heavy atom. The first kappa shape index (κ1) is 13.1. The van der Waals surface area contributed by atoms with Crippen LogP contribution in [-0.2, 0) is 13.6 Å². The third-order valence-electron chi connectivity index (χ3n) is 3.20. The van der Waals surface area contributed by atoms with Gasteiger partial charge in [-0.2, -0.15) is 5.10 Å². The van der Waals surface area contributed by atoms with Crippen LogP contribution in [0.2, 0.25) is 0 Å². The van der Waals surface area contributed by atoms with Crippen LogP contribution in [0.5, 0.6) is 0 Å². The van der Waals surface area contributed by atoms with E-state index in [1.807, 2.05) is 18.7 Å². The molecule has 0 atom stereocenters. The topological polar surface area (TPSA) is 29.9 Å². The Kier molecular flexibility index (Phi) is 3.76. The molecule has 0 saturated carbocycles. The van der Waals surface area contributed by atoms with Crippen LogP contribution in [0.25, 0.3) is 0 Å². The van der Waals surface area contributed by atoms with Crippen LogP contribution in [0.3, 0.4) is 0 Å². The van der Waals surface area contributed by atoms with Crippen LogP contribution in [0.15, 0.2) is 22.7 Å². The summed E-state index contributed by atoms with van der Waals surface area (Å²) < 4.78 is 3.06. The van der Waals surface area contributed by atoms with Gasteiger partial charge in [-0.1, -0.05) is 28.1 Å². The van der Waals surface area contributed by atoms with Crippen molar-refractivity contribution in [1.29, 1.82) is 0 Å². The van der Waals surface area contributed by atoms with Gasteiger partial charge in [0.2, 0.25) is 0 Å². The van der Waals surface area contributed by atoms with E-state index < -0.39 is 0 Å². The second-order valence-electron chi connectivity index (χ2n) is 4.61. The van der Waals surface area contributed by atoms with Crippen molar-refractivity contribution in [2.45, 2.75) is 27.3 Å². The Morgan fingerprint density at radius 1 is 1.28 bits per heavy atom. The molecule has 0 spiro atoms. The molecule has 4 heteroatoms. The fourth-order valence-electron chi connectivity index (χ4n) is 2.04. The van der Waals surface area contributed by atoms with Gasteiger partial charge in [-0.25, -0.2) is 0 Å². The molecule has 18 heavy (non-hydrogen) atoms. The Labute approximate surface area is 116 Å². The quantitative estimate of drug-likeness (QED) is 0.936. The largest absolute Gasteiger partial charge is 0.378 e. The van der Waals surface area contributed by atoms with Crippen LogP contribution >= 0.6 is 15.9 Å². The highest BCUT2D eigenvalue weighted by Gasteiger charge is 2.08. The SMILES string of the molecule is Cc1cc(CNc2c(C)nn(C)c2C)ccc1Br. The highest BCUT2D eigenvalue weighted by atomic mass is 79.9. The van der Waals surface area contributed by atoms with Crippen LogP contribution in [0, 0.1) is 20.8 Å². The summed E-state index contributed by atoms with van der Waals surface area (Å²) >= 11 is 3.52. The summed E-state index contributed by atoms with van der Waals surface area (Å²) in [5.41, 5.74) is 5.88. The smallest absolute Gasteiger partial charge is 0.0827 e. The standard InChI is InChI=1S/C14H18BrN3/c1-9-7-12(5-6-13(9)15)8-16-14-10(2)17-18(4)11(14)3/h5-7,16H,8H2,1-4H3. The van der Waals surface area contributed by atoms with Crippen LogP contribution in [0.4, 0.5) is 5.69 Å². The highest BCUT2D eigenvalue weighted by Crippen LogP contribution is 2.21. The predicted molar refractivity (Wildman–Crippen MR) is 78.9 cm³/mol. The minimum atomic E-state index is 0.821. The van der Waals surface area contributed by atoms with Gasteiger partial charge in [-0.05, 0) is 38.0 Å². The molecular formula is C14H18BrN3. The molecule has 0 fully saturated rings. The summed E-state index contributed by atoms with van der Waals surface area (Å²) in [6, 6.07) is 6.42. The second-order valence-corrected chi connectivity index (χ2v) is 5.46. The van der Waals surface area contributed by atoms with Crippen molar-refractivity contribution in [3.63, 3.8) is 0 Å². The van der Waals surface area contributed by atoms with Gasteiger partial charge in [0.25, 0.3) is 0 Å². The fraction of sp³-hybridized carbons (Fsp3) is 0.357. The lowest BCUT2D eigenvalue weighted by Gasteiger charge is -2.08. The molecule has 0 amide bonds. The molecule has 1 heterocycles. The van der Waals surface area contributed by atoms with Gasteiger partial charge in [0.05, 0.1) is 17.1 Å². The van der Waals surface area contributed by atoms with Crippen LogP contribution in [-0.4, -0.2) is 9.78 Å². The van der Waals surface area contributed by atoms with Gasteiger partial charge < -0.3 is 5.32 Å². The Morgan fingerprint density at radius 3 is 2.56 bits per heavy atom. The molecule has 2 rings (SSSR count). The summed E-state index contributed by atoms with van der Waals surface area (Å²) in [6.07, 6.45) is 0. The monoisotopic (exact) mass is 307 g/mol. The van der Waals surface area contributed by atoms with Crippen molar-refractivity contribution in [3.8, 4) is 0 Å². The molecule has 0 saturated heterocycles. The van der Waals surface area contributed by atoms with Crippen LogP contribution in [0.1, 0.15) is 22.5 Å². The second kappa shape index (κ2) is 5.14. The van der Waals surface area contributed by atoms with E-state index in [0.717, 1.165) is 22.4 Å². The van der Waals surface area contributed by atoms with Crippen molar-refractivity contribution in [2.24, 2.45) is 7.05 Å². The first-order valence-corrected chi connectivity index (χ1v) is 6.77. The third kappa shape index (κ3) is 2.58. The normalized spacial score (nSPS) is 10.7. The molecule has 1 aromatic carbocycles. The number of benzene rings is 1. The number of anilines is 1. The first-order chi connectivity index (χ1) is 8.49. The number of hydrogen-bond acceptors (Lipinski definition) is 2. The van der Waals surface area contributed by atoms with Crippen LogP contribution < -0.4 is 5.32 Å². The molecule has 2 aromatic rings. The summed E-state index contributed by atoms with van der Waals surface area (Å²) in [7, 11) is 1.97. The maximum absolute atomic E-state index is 4.40. The van der Waals surface area contributed by atoms with E-state index in [0.29, 0.717) is 0 Å². The zero-order chi connectivity index (χ0) is 13.3. The molecule has 1 N–H and O–H groups in total. The van der Waals surface area contributed by atoms with Crippen molar-refractivity contribution >= 4 is 21.6 Å². The average Bonchev–Trinajstić information content (AvgIpc) is 2.56. The molecule has 3 nitrogen and oxygen atoms in total. The highest BCUT2D eigenvalue weighted by molar-refractivity contribution is 9.10. The Hall–Kier alpha value is -1.29. The summed E-state index contributed by atoms with van der Waals surface area (Å²) in [5.74, 6) is 0. The van der Waals surface area contributed by atoms with E-state index in [9.17, 15) is 0 Å². The van der Waals surface area contributed by atoms with Gasteiger partial charge in [0.15, 0.2) is 0 Å². The molecule has 0 aliphatic rings. The predicted octanol–water partition coefficient (Wildman–Crippen LogP) is 3.72. The van der Waals surface area contributed by atoms with Gasteiger partial charge in [-0.3, -0.25) is 4.68 Å². The first-order valence-electron chi connectivity index (χ1n) is 5.98. The summed E-state index contributed by atoms with van der Waals surface area (Å²) in [5, 5.41) is 7.87. The lowest BCUT2D eigenvalue weighted by atomic mass is 10.1. The van der Waals surface area contributed by atoms with Crippen molar-refractivity contribution < 1.29 is 0 Å². The molecule has 0 unspecified atom stereocenters. The average molecular weight is 308 g/mol. The lowest BCUT2D eigenvalue weighted by molar-refractivity contribution is 0.731. The van der Waals surface area contributed by atoms with Crippen molar-refractivity contribution in [1.82, 2.24) is 9.78 Å². The summed E-state index contributed by atoms with van der Waals surface area (Å²) in [4.78, 5) is 0. The van der Waals surface area contributed by atoms with E-state index >= 15 is 0 Å². The lowest BCUT2D eigenvalue weighted by Crippen LogP contribution is -2.02. The van der Waals surface area contributed by atoms with Gasteiger partial charge in [0, 0.05) is 18.1 Å². The number of nitrogens with zero attached hydrogens (tertiary/aromatic N) is 2. The van der Waals surface area contributed by atoms with Crippen molar-refractivity contribution in [2.75, 3.05) is 5.32 Å². The number of aryl methyl sites for hydroxylation is 3. The molecule has 1 aromatic heterocycles. The maximum Gasteiger partial charge on any atom is 0.0827 e. The van der Waals surface area contributed by atoms with Gasteiger partial charge in [-0.15, -0.1) is 0 Å². The minimum absolute atomic E-state index is 0.821. The molecule has 96 valence electrons. The molecule has 0 aliphatic carbocycles. The number of nitrogens with one attached hydrogen (secondary N) is 1. The number of halogens is 1. The van der Waals surface area contributed by atoms with E-state index in [-0.39, 0.29) is 0 Å².